The minimum Gasteiger partial charge on any atom is -0.397 e. The van der Waals surface area contributed by atoms with E-state index in [1.165, 1.54) is 0 Å². The number of nitrogens with one attached hydrogen (secondary N) is 1. The van der Waals surface area contributed by atoms with Crippen LogP contribution in [-0.2, 0) is 9.84 Å². The van der Waals surface area contributed by atoms with Gasteiger partial charge in [0.2, 0.25) is 0 Å². The highest BCUT2D eigenvalue weighted by atomic mass is 79.9. The topological polar surface area (TPSA) is 72.2 Å². The number of hydrogen-bond donors (Lipinski definition) is 2. The van der Waals surface area contributed by atoms with Crippen LogP contribution in [0.3, 0.4) is 0 Å². The third-order valence-electron chi connectivity index (χ3n) is 2.18. The van der Waals surface area contributed by atoms with Gasteiger partial charge in [0.15, 0.2) is 9.84 Å². The van der Waals surface area contributed by atoms with E-state index < -0.39 is 9.84 Å². The second-order valence-electron chi connectivity index (χ2n) is 3.39. The van der Waals surface area contributed by atoms with Gasteiger partial charge in [0.1, 0.15) is 0 Å². The summed E-state index contributed by atoms with van der Waals surface area (Å²) in [5.74, 6) is 0.290. The van der Waals surface area contributed by atoms with Gasteiger partial charge in [0.05, 0.1) is 17.1 Å². The van der Waals surface area contributed by atoms with Crippen LogP contribution in [0.5, 0.6) is 0 Å². The van der Waals surface area contributed by atoms with Crippen LogP contribution in [0.15, 0.2) is 22.7 Å². The lowest BCUT2D eigenvalue weighted by Crippen LogP contribution is -2.17. The zero-order valence-corrected chi connectivity index (χ0v) is 11.4. The Hall–Kier alpha value is -0.750. The number of anilines is 2. The van der Waals surface area contributed by atoms with Crippen molar-refractivity contribution in [3.05, 3.63) is 22.7 Å². The fraction of sp³-hybridized carbons (Fsp3) is 0.400. The van der Waals surface area contributed by atoms with Crippen molar-refractivity contribution in [3.8, 4) is 0 Å². The van der Waals surface area contributed by atoms with Crippen molar-refractivity contribution in [1.82, 2.24) is 0 Å². The molecule has 0 aliphatic heterocycles. The first-order valence-corrected chi connectivity index (χ1v) is 7.55. The fourth-order valence-electron chi connectivity index (χ4n) is 1.17. The molecule has 1 rings (SSSR count). The summed E-state index contributed by atoms with van der Waals surface area (Å²) in [6.07, 6.45) is 0. The van der Waals surface area contributed by atoms with Crippen LogP contribution in [0.4, 0.5) is 11.4 Å². The number of nitrogens with two attached hydrogens (primary N) is 1. The average molecular weight is 307 g/mol. The van der Waals surface area contributed by atoms with Gasteiger partial charge in [-0.05, 0) is 18.2 Å². The molecule has 4 nitrogen and oxygen atoms in total. The van der Waals surface area contributed by atoms with Crippen LogP contribution in [-0.4, -0.2) is 26.5 Å². The number of sulfone groups is 1. The maximum Gasteiger partial charge on any atom is 0.151 e. The molecule has 0 aliphatic rings. The van der Waals surface area contributed by atoms with Crippen LogP contribution < -0.4 is 11.1 Å². The highest BCUT2D eigenvalue weighted by Crippen LogP contribution is 2.22. The molecule has 0 unspecified atom stereocenters. The van der Waals surface area contributed by atoms with Crippen molar-refractivity contribution in [2.45, 2.75) is 6.92 Å². The van der Waals surface area contributed by atoms with Crippen molar-refractivity contribution in [1.29, 1.82) is 0 Å². The Morgan fingerprint density at radius 1 is 1.44 bits per heavy atom. The molecule has 0 spiro atoms. The predicted molar refractivity (Wildman–Crippen MR) is 71.4 cm³/mol. The summed E-state index contributed by atoms with van der Waals surface area (Å²) < 4.78 is 23.4. The van der Waals surface area contributed by atoms with Gasteiger partial charge in [0.25, 0.3) is 0 Å². The Bertz CT molecular complexity index is 460. The van der Waals surface area contributed by atoms with E-state index in [-0.39, 0.29) is 11.5 Å². The molecule has 3 N–H and O–H groups in total. The van der Waals surface area contributed by atoms with E-state index in [4.69, 9.17) is 5.73 Å². The van der Waals surface area contributed by atoms with Crippen LogP contribution >= 0.6 is 15.9 Å². The molecule has 0 heterocycles. The lowest BCUT2D eigenvalue weighted by molar-refractivity contribution is 0.597. The van der Waals surface area contributed by atoms with Gasteiger partial charge in [0, 0.05) is 16.8 Å². The van der Waals surface area contributed by atoms with Crippen molar-refractivity contribution in [2.75, 3.05) is 29.1 Å². The van der Waals surface area contributed by atoms with Gasteiger partial charge >= 0.3 is 0 Å². The first-order valence-electron chi connectivity index (χ1n) is 4.94. The standard InChI is InChI=1S/C10H15BrN2O2S/c1-2-16(14,15)6-5-13-10-7-8(11)3-4-9(10)12/h3-4,7,13H,2,5-6,12H2,1H3. The molecule has 0 amide bonds. The Morgan fingerprint density at radius 2 is 2.12 bits per heavy atom. The molecule has 90 valence electrons. The van der Waals surface area contributed by atoms with E-state index in [2.05, 4.69) is 21.2 Å². The Kier molecular flexibility index (Phi) is 4.61. The summed E-state index contributed by atoms with van der Waals surface area (Å²) in [6, 6.07) is 5.43. The maximum absolute atomic E-state index is 11.3. The van der Waals surface area contributed by atoms with Gasteiger partial charge in [-0.25, -0.2) is 8.42 Å². The first kappa shape index (κ1) is 13.3. The van der Waals surface area contributed by atoms with Crippen molar-refractivity contribution < 1.29 is 8.42 Å². The zero-order chi connectivity index (χ0) is 12.2. The molecule has 0 bridgehead atoms. The molecule has 6 heteroatoms. The predicted octanol–water partition coefficient (Wildman–Crippen LogP) is 1.88. The Morgan fingerprint density at radius 3 is 2.75 bits per heavy atom. The largest absolute Gasteiger partial charge is 0.397 e. The molecule has 0 aromatic heterocycles. The quantitative estimate of drug-likeness (QED) is 0.815. The van der Waals surface area contributed by atoms with Gasteiger partial charge in [-0.15, -0.1) is 0 Å². The summed E-state index contributed by atoms with van der Waals surface area (Å²) >= 11 is 3.33. The van der Waals surface area contributed by atoms with Gasteiger partial charge in [-0.1, -0.05) is 22.9 Å². The summed E-state index contributed by atoms with van der Waals surface area (Å²) in [4.78, 5) is 0. The summed E-state index contributed by atoms with van der Waals surface area (Å²) in [6.45, 7) is 2.01. The molecule has 0 fully saturated rings. The fourth-order valence-corrected chi connectivity index (χ4v) is 2.23. The van der Waals surface area contributed by atoms with E-state index in [1.807, 2.05) is 12.1 Å². The molecule has 16 heavy (non-hydrogen) atoms. The van der Waals surface area contributed by atoms with E-state index in [9.17, 15) is 8.42 Å². The molecule has 0 saturated heterocycles. The number of halogens is 1. The van der Waals surface area contributed by atoms with Gasteiger partial charge < -0.3 is 11.1 Å². The molecule has 0 radical (unpaired) electrons. The average Bonchev–Trinajstić information content (AvgIpc) is 2.23. The normalized spacial score (nSPS) is 11.4. The van der Waals surface area contributed by atoms with Crippen LogP contribution in [0.25, 0.3) is 0 Å². The second-order valence-corrected chi connectivity index (χ2v) is 6.78. The third kappa shape index (κ3) is 4.02. The molecular weight excluding hydrogens is 292 g/mol. The van der Waals surface area contributed by atoms with E-state index in [0.29, 0.717) is 12.2 Å². The molecule has 0 atom stereocenters. The lowest BCUT2D eigenvalue weighted by Gasteiger charge is -2.09. The highest BCUT2D eigenvalue weighted by molar-refractivity contribution is 9.10. The smallest absolute Gasteiger partial charge is 0.151 e. The van der Waals surface area contributed by atoms with Crippen LogP contribution in [0.2, 0.25) is 0 Å². The molecule has 0 saturated carbocycles. The van der Waals surface area contributed by atoms with Crippen molar-refractivity contribution >= 4 is 37.1 Å². The minimum atomic E-state index is -2.93. The van der Waals surface area contributed by atoms with Crippen LogP contribution in [0, 0.1) is 0 Å². The lowest BCUT2D eigenvalue weighted by atomic mass is 10.3. The summed E-state index contributed by atoms with van der Waals surface area (Å²) in [5.41, 5.74) is 7.10. The number of benzene rings is 1. The molecular formula is C10H15BrN2O2S. The van der Waals surface area contributed by atoms with Crippen molar-refractivity contribution in [3.63, 3.8) is 0 Å². The zero-order valence-electron chi connectivity index (χ0n) is 9.03. The number of rotatable bonds is 5. The SMILES string of the molecule is CCS(=O)(=O)CCNc1cc(Br)ccc1N. The van der Waals surface area contributed by atoms with E-state index in [1.54, 1.807) is 13.0 Å². The second kappa shape index (κ2) is 5.54. The molecule has 0 aliphatic carbocycles. The van der Waals surface area contributed by atoms with Crippen molar-refractivity contribution in [2.24, 2.45) is 0 Å². The maximum atomic E-state index is 11.3. The van der Waals surface area contributed by atoms with Crippen LogP contribution in [0.1, 0.15) is 6.92 Å². The first-order chi connectivity index (χ1) is 7.44. The molecule has 1 aromatic carbocycles. The van der Waals surface area contributed by atoms with Gasteiger partial charge in [-0.2, -0.15) is 0 Å². The summed E-state index contributed by atoms with van der Waals surface area (Å²) in [5, 5.41) is 3.01. The number of hydrogen-bond acceptors (Lipinski definition) is 4. The van der Waals surface area contributed by atoms with Gasteiger partial charge in [-0.3, -0.25) is 0 Å². The third-order valence-corrected chi connectivity index (χ3v) is 4.38. The minimum absolute atomic E-state index is 0.120. The number of nitrogen functional groups attached to an aromatic ring is 1. The van der Waals surface area contributed by atoms with E-state index >= 15 is 0 Å². The molecule has 1 aromatic rings. The Labute approximate surface area is 104 Å². The Balaban J connectivity index is 2.59. The highest BCUT2D eigenvalue weighted by Gasteiger charge is 2.07. The summed E-state index contributed by atoms with van der Waals surface area (Å²) in [7, 11) is -2.93. The monoisotopic (exact) mass is 306 g/mol. The van der Waals surface area contributed by atoms with E-state index in [0.717, 1.165) is 10.2 Å².